The molecule has 0 bridgehead atoms. The summed E-state index contributed by atoms with van der Waals surface area (Å²) in [5, 5.41) is 3.64. The Morgan fingerprint density at radius 2 is 1.57 bits per heavy atom. The molecule has 3 aromatic heterocycles. The highest BCUT2D eigenvalue weighted by Crippen LogP contribution is 2.43. The third-order valence-electron chi connectivity index (χ3n) is 7.01. The van der Waals surface area contributed by atoms with Gasteiger partial charge in [0.05, 0.1) is 5.69 Å². The Kier molecular flexibility index (Phi) is 4.91. The number of nitrogens with zero attached hydrogens (tertiary/aromatic N) is 1. The SMILES string of the molecule is Cc1cc2ccc3oc4c(-c5cc(C(C)(C)C)c(-c6c(C)cccc6C)cn5)cccc4c3c2s1. The fraction of sp³-hybridized carbons (Fsp3) is 0.219. The topological polar surface area (TPSA) is 26.0 Å². The van der Waals surface area contributed by atoms with E-state index in [0.717, 1.165) is 27.8 Å². The minimum atomic E-state index is -0.0375. The first-order valence-electron chi connectivity index (χ1n) is 12.1. The molecule has 0 N–H and O–H groups in total. The summed E-state index contributed by atoms with van der Waals surface area (Å²) in [6, 6.07) is 21.7. The number of furan rings is 1. The number of thiophene rings is 1. The molecule has 0 atom stereocenters. The molecule has 0 aliphatic heterocycles. The molecule has 0 unspecified atom stereocenters. The predicted octanol–water partition coefficient (Wildman–Crippen LogP) is 9.75. The van der Waals surface area contributed by atoms with Gasteiger partial charge >= 0.3 is 0 Å². The van der Waals surface area contributed by atoms with Gasteiger partial charge in [0.2, 0.25) is 0 Å². The van der Waals surface area contributed by atoms with Crippen molar-refractivity contribution in [3.63, 3.8) is 0 Å². The Bertz CT molecular complexity index is 1740. The lowest BCUT2D eigenvalue weighted by molar-refractivity contribution is 0.591. The highest BCUT2D eigenvalue weighted by atomic mass is 32.1. The molecule has 0 aliphatic carbocycles. The van der Waals surface area contributed by atoms with Crippen LogP contribution in [0.1, 0.15) is 42.3 Å². The van der Waals surface area contributed by atoms with Crippen molar-refractivity contribution in [3.05, 3.63) is 88.4 Å². The predicted molar refractivity (Wildman–Crippen MR) is 151 cm³/mol. The van der Waals surface area contributed by atoms with Crippen molar-refractivity contribution in [1.82, 2.24) is 4.98 Å². The molecule has 0 radical (unpaired) electrons. The van der Waals surface area contributed by atoms with Crippen LogP contribution in [0.25, 0.3) is 54.4 Å². The van der Waals surface area contributed by atoms with Crippen LogP contribution in [0.4, 0.5) is 0 Å². The van der Waals surface area contributed by atoms with Gasteiger partial charge in [-0.15, -0.1) is 11.3 Å². The number of benzene rings is 3. The van der Waals surface area contributed by atoms with Gasteiger partial charge in [-0.1, -0.05) is 51.1 Å². The third kappa shape index (κ3) is 3.49. The molecule has 35 heavy (non-hydrogen) atoms. The number of aromatic nitrogens is 1. The summed E-state index contributed by atoms with van der Waals surface area (Å²) in [6.45, 7) is 13.4. The van der Waals surface area contributed by atoms with Crippen LogP contribution in [0.5, 0.6) is 0 Å². The average molecular weight is 476 g/mol. The van der Waals surface area contributed by atoms with Gasteiger partial charge in [-0.05, 0) is 84.2 Å². The Balaban J connectivity index is 1.62. The number of hydrogen-bond acceptors (Lipinski definition) is 3. The first-order valence-corrected chi connectivity index (χ1v) is 13.0. The quantitative estimate of drug-likeness (QED) is 0.249. The molecule has 174 valence electrons. The van der Waals surface area contributed by atoms with E-state index in [1.807, 2.05) is 11.3 Å². The van der Waals surface area contributed by atoms with Crippen molar-refractivity contribution in [2.24, 2.45) is 0 Å². The maximum absolute atomic E-state index is 6.50. The van der Waals surface area contributed by atoms with Crippen molar-refractivity contribution in [2.75, 3.05) is 0 Å². The molecule has 6 rings (SSSR count). The lowest BCUT2D eigenvalue weighted by atomic mass is 9.80. The van der Waals surface area contributed by atoms with E-state index in [0.29, 0.717) is 0 Å². The molecule has 3 heterocycles. The number of para-hydroxylation sites is 1. The molecule has 0 aliphatic rings. The Morgan fingerprint density at radius 3 is 2.31 bits per heavy atom. The summed E-state index contributed by atoms with van der Waals surface area (Å²) < 4.78 is 7.80. The molecule has 6 aromatic rings. The Labute approximate surface area is 210 Å². The van der Waals surface area contributed by atoms with E-state index >= 15 is 0 Å². The summed E-state index contributed by atoms with van der Waals surface area (Å²) in [4.78, 5) is 6.33. The number of pyridine rings is 1. The van der Waals surface area contributed by atoms with Gasteiger partial charge in [0, 0.05) is 37.7 Å². The fourth-order valence-electron chi connectivity index (χ4n) is 5.37. The summed E-state index contributed by atoms with van der Waals surface area (Å²) in [5.41, 5.74) is 10.1. The second-order valence-corrected chi connectivity index (χ2v) is 11.9. The van der Waals surface area contributed by atoms with Crippen LogP contribution in [-0.2, 0) is 5.41 Å². The van der Waals surface area contributed by atoms with Crippen LogP contribution in [0.3, 0.4) is 0 Å². The van der Waals surface area contributed by atoms with Crippen LogP contribution in [-0.4, -0.2) is 4.98 Å². The zero-order chi connectivity index (χ0) is 24.5. The number of rotatable bonds is 2. The van der Waals surface area contributed by atoms with Gasteiger partial charge in [-0.25, -0.2) is 0 Å². The smallest absolute Gasteiger partial charge is 0.144 e. The number of fused-ring (bicyclic) bond motifs is 5. The van der Waals surface area contributed by atoms with Gasteiger partial charge < -0.3 is 4.42 Å². The maximum Gasteiger partial charge on any atom is 0.144 e. The molecule has 0 saturated carbocycles. The molecular formula is C32H29NOS. The number of aryl methyl sites for hydroxylation is 3. The van der Waals surface area contributed by atoms with E-state index in [4.69, 9.17) is 9.40 Å². The molecule has 0 fully saturated rings. The number of hydrogen-bond donors (Lipinski definition) is 0. The summed E-state index contributed by atoms with van der Waals surface area (Å²) in [6.07, 6.45) is 2.06. The standard InChI is InChI=1S/C32H29NOS/c1-18-9-7-10-19(2)28(18)24-17-33-26(16-25(24)32(4,5)6)22-11-8-12-23-29-27(34-30(22)23)14-13-21-15-20(3)35-31(21)29/h7-17H,1-6H3. The molecular weight excluding hydrogens is 446 g/mol. The van der Waals surface area contributed by atoms with Crippen LogP contribution in [0, 0.1) is 20.8 Å². The van der Waals surface area contributed by atoms with E-state index in [-0.39, 0.29) is 5.41 Å². The summed E-state index contributed by atoms with van der Waals surface area (Å²) >= 11 is 1.84. The highest BCUT2D eigenvalue weighted by molar-refractivity contribution is 7.20. The zero-order valence-electron chi connectivity index (χ0n) is 21.1. The molecule has 3 heteroatoms. The minimum Gasteiger partial charge on any atom is -0.455 e. The minimum absolute atomic E-state index is 0.0375. The molecule has 3 aromatic carbocycles. The maximum atomic E-state index is 6.50. The first-order chi connectivity index (χ1) is 16.7. The van der Waals surface area contributed by atoms with Crippen LogP contribution >= 0.6 is 11.3 Å². The highest BCUT2D eigenvalue weighted by Gasteiger charge is 2.23. The largest absolute Gasteiger partial charge is 0.455 e. The van der Waals surface area contributed by atoms with Crippen molar-refractivity contribution < 1.29 is 4.42 Å². The van der Waals surface area contributed by atoms with E-state index in [1.54, 1.807) is 0 Å². The average Bonchev–Trinajstić information content (AvgIpc) is 3.37. The fourth-order valence-corrected chi connectivity index (χ4v) is 6.44. The van der Waals surface area contributed by atoms with Gasteiger partial charge in [0.15, 0.2) is 0 Å². The summed E-state index contributed by atoms with van der Waals surface area (Å²) in [7, 11) is 0. The van der Waals surface area contributed by atoms with Crippen LogP contribution in [0.2, 0.25) is 0 Å². The summed E-state index contributed by atoms with van der Waals surface area (Å²) in [5.74, 6) is 0. The second-order valence-electron chi connectivity index (χ2n) is 10.6. The van der Waals surface area contributed by atoms with Crippen molar-refractivity contribution in [1.29, 1.82) is 0 Å². The van der Waals surface area contributed by atoms with Crippen molar-refractivity contribution in [2.45, 2.75) is 47.0 Å². The van der Waals surface area contributed by atoms with Crippen molar-refractivity contribution >= 4 is 43.4 Å². The van der Waals surface area contributed by atoms with E-state index in [1.165, 1.54) is 48.2 Å². The Morgan fingerprint density at radius 1 is 0.829 bits per heavy atom. The normalized spacial score (nSPS) is 12.3. The first kappa shape index (κ1) is 22.1. The van der Waals surface area contributed by atoms with Crippen LogP contribution < -0.4 is 0 Å². The molecule has 0 spiro atoms. The monoisotopic (exact) mass is 475 g/mol. The van der Waals surface area contributed by atoms with Gasteiger partial charge in [-0.2, -0.15) is 0 Å². The van der Waals surface area contributed by atoms with Gasteiger partial charge in [0.25, 0.3) is 0 Å². The lowest BCUT2D eigenvalue weighted by Crippen LogP contribution is -2.14. The van der Waals surface area contributed by atoms with Crippen molar-refractivity contribution in [3.8, 4) is 22.4 Å². The zero-order valence-corrected chi connectivity index (χ0v) is 21.9. The third-order valence-corrected chi connectivity index (χ3v) is 8.09. The Hall–Kier alpha value is -3.43. The van der Waals surface area contributed by atoms with E-state index < -0.39 is 0 Å². The lowest BCUT2D eigenvalue weighted by Gasteiger charge is -2.25. The van der Waals surface area contributed by atoms with E-state index in [2.05, 4.69) is 108 Å². The molecule has 2 nitrogen and oxygen atoms in total. The molecule has 0 amide bonds. The van der Waals surface area contributed by atoms with E-state index in [9.17, 15) is 0 Å². The van der Waals surface area contributed by atoms with Crippen LogP contribution in [0.15, 0.2) is 71.3 Å². The van der Waals surface area contributed by atoms with Gasteiger partial charge in [-0.3, -0.25) is 4.98 Å². The molecule has 0 saturated heterocycles. The van der Waals surface area contributed by atoms with Gasteiger partial charge in [0.1, 0.15) is 11.2 Å². The second kappa shape index (κ2) is 7.79.